The van der Waals surface area contributed by atoms with E-state index in [0.29, 0.717) is 0 Å². The smallest absolute Gasteiger partial charge is 0.251 e. The predicted octanol–water partition coefficient (Wildman–Crippen LogP) is 3.99. The van der Waals surface area contributed by atoms with Crippen LogP contribution in [0.3, 0.4) is 0 Å². The van der Waals surface area contributed by atoms with Crippen LogP contribution in [0.15, 0.2) is 40.6 Å². The molecule has 2 heterocycles. The van der Waals surface area contributed by atoms with Crippen LogP contribution in [0.2, 0.25) is 0 Å². The zero-order chi connectivity index (χ0) is 14.7. The molecule has 5 heteroatoms. The Bertz CT molecular complexity index is 678. The fourth-order valence-electron chi connectivity index (χ4n) is 2.26. The Morgan fingerprint density at radius 3 is 3.05 bits per heavy atom. The van der Waals surface area contributed by atoms with Crippen LogP contribution in [-0.4, -0.2) is 23.2 Å². The lowest BCUT2D eigenvalue weighted by molar-refractivity contribution is -0.114. The molecule has 0 fully saturated rings. The van der Waals surface area contributed by atoms with Gasteiger partial charge in [0.15, 0.2) is 0 Å². The number of aromatic nitrogens is 1. The molecular formula is C16H16N2OS2. The first-order valence-corrected chi connectivity index (χ1v) is 8.74. The van der Waals surface area contributed by atoms with Crippen molar-refractivity contribution in [2.24, 2.45) is 0 Å². The first-order chi connectivity index (χ1) is 10.2. The Morgan fingerprint density at radius 1 is 1.38 bits per heavy atom. The number of thioether (sulfide) groups is 1. The standard InChI is InChI=1S/C16H16N2OS2/c1-12-17-13(11-21-12)7-8-16(19)18-9-4-10-20-15-6-3-2-5-14(15)18/h2-3,5-8,11H,4,9-10H2,1H3/b8-7+. The van der Waals surface area contributed by atoms with Crippen molar-refractivity contribution in [3.63, 3.8) is 0 Å². The molecule has 0 spiro atoms. The van der Waals surface area contributed by atoms with Crippen molar-refractivity contribution < 1.29 is 4.79 Å². The van der Waals surface area contributed by atoms with E-state index in [2.05, 4.69) is 11.1 Å². The number of thiazole rings is 1. The van der Waals surface area contributed by atoms with Gasteiger partial charge >= 0.3 is 0 Å². The Balaban J connectivity index is 1.82. The fraction of sp³-hybridized carbons (Fsp3) is 0.250. The summed E-state index contributed by atoms with van der Waals surface area (Å²) in [5.74, 6) is 1.08. The minimum Gasteiger partial charge on any atom is -0.308 e. The molecule has 1 aromatic heterocycles. The van der Waals surface area contributed by atoms with Gasteiger partial charge in [-0.05, 0) is 37.3 Å². The molecular weight excluding hydrogens is 300 g/mol. The monoisotopic (exact) mass is 316 g/mol. The average Bonchev–Trinajstić information content (AvgIpc) is 2.79. The first-order valence-electron chi connectivity index (χ1n) is 6.87. The lowest BCUT2D eigenvalue weighted by Crippen LogP contribution is -2.30. The van der Waals surface area contributed by atoms with E-state index in [9.17, 15) is 4.79 Å². The number of aryl methyl sites for hydroxylation is 1. The molecule has 0 saturated heterocycles. The van der Waals surface area contributed by atoms with Crippen molar-refractivity contribution in [2.75, 3.05) is 17.2 Å². The van der Waals surface area contributed by atoms with Crippen LogP contribution < -0.4 is 4.90 Å². The van der Waals surface area contributed by atoms with Crippen LogP contribution in [0.1, 0.15) is 17.1 Å². The van der Waals surface area contributed by atoms with Crippen LogP contribution in [-0.2, 0) is 4.79 Å². The van der Waals surface area contributed by atoms with E-state index >= 15 is 0 Å². The molecule has 0 aliphatic carbocycles. The molecule has 2 aromatic rings. The van der Waals surface area contributed by atoms with Gasteiger partial charge in [0.25, 0.3) is 5.91 Å². The Morgan fingerprint density at radius 2 is 2.24 bits per heavy atom. The van der Waals surface area contributed by atoms with E-state index in [1.165, 1.54) is 4.90 Å². The molecule has 0 N–H and O–H groups in total. The van der Waals surface area contributed by atoms with E-state index in [1.807, 2.05) is 47.2 Å². The highest BCUT2D eigenvalue weighted by Gasteiger charge is 2.19. The molecule has 0 saturated carbocycles. The largest absolute Gasteiger partial charge is 0.308 e. The second-order valence-electron chi connectivity index (χ2n) is 4.78. The number of anilines is 1. The van der Waals surface area contributed by atoms with E-state index in [0.717, 1.165) is 35.1 Å². The quantitative estimate of drug-likeness (QED) is 0.785. The number of benzene rings is 1. The molecule has 0 bridgehead atoms. The molecule has 1 aromatic carbocycles. The summed E-state index contributed by atoms with van der Waals surface area (Å²) < 4.78 is 0. The van der Waals surface area contributed by atoms with Crippen molar-refractivity contribution in [1.82, 2.24) is 4.98 Å². The Labute approximate surface area is 132 Å². The first kappa shape index (κ1) is 14.4. The summed E-state index contributed by atoms with van der Waals surface area (Å²) in [5, 5.41) is 2.98. The Hall–Kier alpha value is -1.59. The molecule has 21 heavy (non-hydrogen) atoms. The van der Waals surface area contributed by atoms with Crippen LogP contribution >= 0.6 is 23.1 Å². The highest BCUT2D eigenvalue weighted by molar-refractivity contribution is 7.99. The van der Waals surface area contributed by atoms with Crippen LogP contribution in [0.4, 0.5) is 5.69 Å². The minimum absolute atomic E-state index is 0.0237. The van der Waals surface area contributed by atoms with Gasteiger partial charge in [-0.25, -0.2) is 4.98 Å². The maximum absolute atomic E-state index is 12.5. The minimum atomic E-state index is 0.0237. The van der Waals surface area contributed by atoms with Gasteiger partial charge in [-0.15, -0.1) is 23.1 Å². The topological polar surface area (TPSA) is 33.2 Å². The second-order valence-corrected chi connectivity index (χ2v) is 6.98. The number of carbonyl (C=O) groups is 1. The molecule has 0 atom stereocenters. The number of fused-ring (bicyclic) bond motifs is 1. The van der Waals surface area contributed by atoms with Crippen molar-refractivity contribution >= 4 is 40.8 Å². The Kier molecular flexibility index (Phi) is 4.41. The van der Waals surface area contributed by atoms with Crippen molar-refractivity contribution in [3.05, 3.63) is 46.4 Å². The SMILES string of the molecule is Cc1nc(/C=C/C(=O)N2CCCSc3ccccc32)cs1. The van der Waals surface area contributed by atoms with Gasteiger partial charge in [-0.1, -0.05) is 12.1 Å². The molecule has 0 unspecified atom stereocenters. The van der Waals surface area contributed by atoms with Crippen molar-refractivity contribution in [1.29, 1.82) is 0 Å². The third-order valence-corrected chi connectivity index (χ3v) is 5.18. The van der Waals surface area contributed by atoms with E-state index < -0.39 is 0 Å². The lowest BCUT2D eigenvalue weighted by atomic mass is 10.2. The highest BCUT2D eigenvalue weighted by atomic mass is 32.2. The third kappa shape index (κ3) is 3.36. The summed E-state index contributed by atoms with van der Waals surface area (Å²) in [7, 11) is 0. The van der Waals surface area contributed by atoms with Gasteiger partial charge in [-0.3, -0.25) is 4.79 Å². The van der Waals surface area contributed by atoms with Gasteiger partial charge in [0.1, 0.15) is 0 Å². The zero-order valence-corrected chi connectivity index (χ0v) is 13.4. The van der Waals surface area contributed by atoms with Crippen LogP contribution in [0.25, 0.3) is 6.08 Å². The summed E-state index contributed by atoms with van der Waals surface area (Å²) in [4.78, 5) is 19.9. The molecule has 0 radical (unpaired) electrons. The maximum atomic E-state index is 12.5. The molecule has 1 aliphatic rings. The normalized spacial score (nSPS) is 15.0. The predicted molar refractivity (Wildman–Crippen MR) is 90.0 cm³/mol. The molecule has 3 rings (SSSR count). The number of carbonyl (C=O) groups excluding carboxylic acids is 1. The van der Waals surface area contributed by atoms with Crippen LogP contribution in [0, 0.1) is 6.92 Å². The summed E-state index contributed by atoms with van der Waals surface area (Å²) in [5.41, 5.74) is 1.87. The number of para-hydroxylation sites is 1. The van der Waals surface area contributed by atoms with E-state index in [-0.39, 0.29) is 5.91 Å². The molecule has 108 valence electrons. The number of hydrogen-bond donors (Lipinski definition) is 0. The molecule has 1 amide bonds. The summed E-state index contributed by atoms with van der Waals surface area (Å²) in [6.45, 7) is 2.73. The van der Waals surface area contributed by atoms with E-state index in [1.54, 1.807) is 23.5 Å². The number of rotatable bonds is 2. The van der Waals surface area contributed by atoms with Gasteiger partial charge in [0.05, 0.1) is 16.4 Å². The summed E-state index contributed by atoms with van der Waals surface area (Å²) in [6.07, 6.45) is 4.43. The second kappa shape index (κ2) is 6.45. The lowest BCUT2D eigenvalue weighted by Gasteiger charge is -2.20. The van der Waals surface area contributed by atoms with E-state index in [4.69, 9.17) is 0 Å². The van der Waals surface area contributed by atoms with Gasteiger partial charge in [0.2, 0.25) is 0 Å². The molecule has 3 nitrogen and oxygen atoms in total. The van der Waals surface area contributed by atoms with Gasteiger partial charge in [0, 0.05) is 22.9 Å². The van der Waals surface area contributed by atoms with Gasteiger partial charge < -0.3 is 4.90 Å². The molecule has 1 aliphatic heterocycles. The number of amides is 1. The van der Waals surface area contributed by atoms with Crippen LogP contribution in [0.5, 0.6) is 0 Å². The summed E-state index contributed by atoms with van der Waals surface area (Å²) in [6, 6.07) is 8.11. The fourth-order valence-corrected chi connectivity index (χ4v) is 3.83. The zero-order valence-electron chi connectivity index (χ0n) is 11.8. The number of nitrogens with zero attached hydrogens (tertiary/aromatic N) is 2. The van der Waals surface area contributed by atoms with Gasteiger partial charge in [-0.2, -0.15) is 0 Å². The third-order valence-electron chi connectivity index (χ3n) is 3.24. The summed E-state index contributed by atoms with van der Waals surface area (Å²) >= 11 is 3.41. The highest BCUT2D eigenvalue weighted by Crippen LogP contribution is 2.33. The van der Waals surface area contributed by atoms with Crippen molar-refractivity contribution in [3.8, 4) is 0 Å². The maximum Gasteiger partial charge on any atom is 0.251 e. The number of hydrogen-bond acceptors (Lipinski definition) is 4. The van der Waals surface area contributed by atoms with Crippen molar-refractivity contribution in [2.45, 2.75) is 18.2 Å². The average molecular weight is 316 g/mol.